The van der Waals surface area contributed by atoms with Crippen molar-refractivity contribution in [1.82, 2.24) is 0 Å². The van der Waals surface area contributed by atoms with E-state index in [2.05, 4.69) is 18.8 Å². The molecule has 0 N–H and O–H groups in total. The van der Waals surface area contributed by atoms with Crippen LogP contribution < -0.4 is 4.74 Å². The first-order chi connectivity index (χ1) is 6.26. The quantitative estimate of drug-likeness (QED) is 0.417. The van der Waals surface area contributed by atoms with Gasteiger partial charge in [0.25, 0.3) is 0 Å². The Morgan fingerprint density at radius 1 is 1.38 bits per heavy atom. The maximum atomic E-state index is 10.7. The van der Waals surface area contributed by atoms with Crippen molar-refractivity contribution < 1.29 is 9.53 Å². The van der Waals surface area contributed by atoms with Gasteiger partial charge in [-0.3, -0.25) is 0 Å². The van der Waals surface area contributed by atoms with E-state index in [0.29, 0.717) is 5.75 Å². The fraction of sp³-hybridized carbons (Fsp3) is 0. The zero-order chi connectivity index (χ0) is 9.68. The number of carbonyl (C=O) groups excluding carboxylic acids is 1. The molecule has 0 bridgehead atoms. The molecule has 0 aliphatic rings. The van der Waals surface area contributed by atoms with Gasteiger partial charge < -0.3 is 4.74 Å². The van der Waals surface area contributed by atoms with E-state index in [9.17, 15) is 4.79 Å². The van der Waals surface area contributed by atoms with Crippen molar-refractivity contribution in [3.8, 4) is 5.75 Å². The highest BCUT2D eigenvalue weighted by Crippen LogP contribution is 2.12. The van der Waals surface area contributed by atoms with Crippen molar-refractivity contribution in [2.24, 2.45) is 0 Å². The summed E-state index contributed by atoms with van der Waals surface area (Å²) in [6.45, 7) is 3.61. The summed E-state index contributed by atoms with van der Waals surface area (Å²) in [4.78, 5) is 10.7. The molecule has 13 heavy (non-hydrogen) atoms. The molecule has 0 aromatic heterocycles. The zero-order valence-corrected chi connectivity index (χ0v) is 7.71. The van der Waals surface area contributed by atoms with E-state index in [1.165, 1.54) is 0 Å². The molecule has 0 saturated heterocycles. The number of benzene rings is 1. The van der Waals surface area contributed by atoms with E-state index in [1.807, 2.05) is 0 Å². The average molecular weight is 192 g/mol. The van der Waals surface area contributed by atoms with E-state index in [1.54, 1.807) is 30.3 Å². The van der Waals surface area contributed by atoms with E-state index >= 15 is 0 Å². The largest absolute Gasteiger partial charge is 0.423 e. The molecule has 66 valence electrons. The predicted octanol–water partition coefficient (Wildman–Crippen LogP) is 2.23. The van der Waals surface area contributed by atoms with Gasteiger partial charge in [0.1, 0.15) is 5.75 Å². The van der Waals surface area contributed by atoms with Gasteiger partial charge in [-0.1, -0.05) is 37.0 Å². The molecule has 0 heterocycles. The number of rotatable bonds is 3. The zero-order valence-electron chi connectivity index (χ0n) is 6.90. The molecule has 1 aromatic rings. The van der Waals surface area contributed by atoms with E-state index in [4.69, 9.17) is 4.74 Å². The number of thiocarbonyl (C=S) groups is 1. The van der Waals surface area contributed by atoms with Gasteiger partial charge in [-0.25, -0.2) is 4.79 Å². The van der Waals surface area contributed by atoms with Crippen molar-refractivity contribution >= 4 is 29.6 Å². The van der Waals surface area contributed by atoms with E-state index in [0.717, 1.165) is 10.9 Å². The van der Waals surface area contributed by atoms with Crippen LogP contribution in [0.3, 0.4) is 0 Å². The maximum absolute atomic E-state index is 10.7. The average Bonchev–Trinajstić information content (AvgIpc) is 2.19. The SMILES string of the molecule is C=Cc1ccc(OC(=O)C=S)cc1. The van der Waals surface area contributed by atoms with Crippen LogP contribution in [0.4, 0.5) is 0 Å². The first kappa shape index (κ1) is 9.61. The van der Waals surface area contributed by atoms with Crippen molar-refractivity contribution in [1.29, 1.82) is 0 Å². The number of carbonyl (C=O) groups is 1. The van der Waals surface area contributed by atoms with E-state index < -0.39 is 5.97 Å². The van der Waals surface area contributed by atoms with Crippen LogP contribution in [-0.2, 0) is 4.79 Å². The van der Waals surface area contributed by atoms with Crippen molar-refractivity contribution in [3.63, 3.8) is 0 Å². The summed E-state index contributed by atoms with van der Waals surface area (Å²) in [5, 5.41) is 0.960. The highest BCUT2D eigenvalue weighted by atomic mass is 32.1. The fourth-order valence-electron chi connectivity index (χ4n) is 0.812. The van der Waals surface area contributed by atoms with Crippen molar-refractivity contribution in [2.45, 2.75) is 0 Å². The molecule has 1 aromatic carbocycles. The second kappa shape index (κ2) is 4.52. The lowest BCUT2D eigenvalue weighted by atomic mass is 10.2. The Labute approximate surface area is 81.8 Å². The molecule has 0 radical (unpaired) electrons. The molecule has 0 atom stereocenters. The number of hydrogen-bond donors (Lipinski definition) is 0. The smallest absolute Gasteiger partial charge is 0.347 e. The summed E-state index contributed by atoms with van der Waals surface area (Å²) in [6.07, 6.45) is 1.71. The second-order valence-corrected chi connectivity index (χ2v) is 2.55. The highest BCUT2D eigenvalue weighted by Gasteiger charge is 1.98. The molecule has 0 amide bonds. The highest BCUT2D eigenvalue weighted by molar-refractivity contribution is 7.80. The summed E-state index contributed by atoms with van der Waals surface area (Å²) in [5.41, 5.74) is 0.974. The Morgan fingerprint density at radius 3 is 2.46 bits per heavy atom. The number of esters is 1. The summed E-state index contributed by atoms with van der Waals surface area (Å²) in [6, 6.07) is 6.99. The maximum Gasteiger partial charge on any atom is 0.347 e. The van der Waals surface area contributed by atoms with Crippen LogP contribution in [0.25, 0.3) is 6.08 Å². The van der Waals surface area contributed by atoms with Gasteiger partial charge in [0.2, 0.25) is 0 Å². The third-order valence-corrected chi connectivity index (χ3v) is 1.62. The van der Waals surface area contributed by atoms with Crippen LogP contribution in [-0.4, -0.2) is 11.3 Å². The van der Waals surface area contributed by atoms with E-state index in [-0.39, 0.29) is 0 Å². The Hall–Kier alpha value is -1.48. The Balaban J connectivity index is 2.74. The van der Waals surface area contributed by atoms with Crippen molar-refractivity contribution in [3.05, 3.63) is 36.4 Å². The lowest BCUT2D eigenvalue weighted by molar-refractivity contribution is -0.126. The number of ether oxygens (including phenoxy) is 1. The molecule has 0 saturated carbocycles. The van der Waals surface area contributed by atoms with Crippen LogP contribution in [0.5, 0.6) is 5.75 Å². The van der Waals surface area contributed by atoms with Gasteiger partial charge in [-0.15, -0.1) is 0 Å². The van der Waals surface area contributed by atoms with Crippen molar-refractivity contribution in [2.75, 3.05) is 0 Å². The molecule has 0 aliphatic heterocycles. The minimum atomic E-state index is -0.527. The minimum Gasteiger partial charge on any atom is -0.423 e. The Kier molecular flexibility index (Phi) is 3.34. The summed E-state index contributed by atoms with van der Waals surface area (Å²) >= 11 is 4.41. The fourth-order valence-corrected chi connectivity index (χ4v) is 0.860. The van der Waals surface area contributed by atoms with Crippen LogP contribution >= 0.6 is 12.2 Å². The Morgan fingerprint density at radius 2 is 2.00 bits per heavy atom. The van der Waals surface area contributed by atoms with Gasteiger partial charge in [0.05, 0.1) is 5.37 Å². The van der Waals surface area contributed by atoms with Gasteiger partial charge in [-0.2, -0.15) is 0 Å². The second-order valence-electron chi connectivity index (χ2n) is 2.31. The lowest BCUT2D eigenvalue weighted by Crippen LogP contribution is -2.07. The molecular weight excluding hydrogens is 184 g/mol. The predicted molar refractivity (Wildman–Crippen MR) is 55.8 cm³/mol. The normalized spacial score (nSPS) is 8.92. The molecule has 0 spiro atoms. The molecule has 3 heteroatoms. The topological polar surface area (TPSA) is 26.3 Å². The molecule has 0 fully saturated rings. The van der Waals surface area contributed by atoms with Gasteiger partial charge in [-0.05, 0) is 17.7 Å². The summed E-state index contributed by atoms with van der Waals surface area (Å²) < 4.78 is 4.83. The molecule has 0 unspecified atom stereocenters. The van der Waals surface area contributed by atoms with Gasteiger partial charge >= 0.3 is 5.97 Å². The third kappa shape index (κ3) is 2.80. The number of hydrogen-bond acceptors (Lipinski definition) is 3. The summed E-state index contributed by atoms with van der Waals surface area (Å²) in [7, 11) is 0. The molecule has 1 rings (SSSR count). The first-order valence-corrected chi connectivity index (χ1v) is 4.13. The Bertz CT molecular complexity index is 327. The minimum absolute atomic E-state index is 0.483. The first-order valence-electron chi connectivity index (χ1n) is 3.66. The lowest BCUT2D eigenvalue weighted by Gasteiger charge is -2.00. The van der Waals surface area contributed by atoms with Crippen LogP contribution in [0.2, 0.25) is 0 Å². The van der Waals surface area contributed by atoms with Gasteiger partial charge in [0, 0.05) is 0 Å². The van der Waals surface area contributed by atoms with Crippen LogP contribution in [0, 0.1) is 0 Å². The third-order valence-electron chi connectivity index (χ3n) is 1.43. The van der Waals surface area contributed by atoms with Crippen LogP contribution in [0.15, 0.2) is 30.8 Å². The molecule has 2 nitrogen and oxygen atoms in total. The standard InChI is InChI=1S/C10H8O2S/c1-2-8-3-5-9(6-4-8)12-10(11)7-13/h2-7H,1H2. The summed E-state index contributed by atoms with van der Waals surface area (Å²) in [5.74, 6) is -0.0435. The molecular formula is C10H8O2S. The molecule has 0 aliphatic carbocycles. The van der Waals surface area contributed by atoms with Gasteiger partial charge in [0.15, 0.2) is 0 Å². The van der Waals surface area contributed by atoms with Crippen LogP contribution in [0.1, 0.15) is 5.56 Å². The monoisotopic (exact) mass is 192 g/mol.